The highest BCUT2D eigenvalue weighted by atomic mass is 32.2. The molecular formula is C11H19N3O4S. The molecule has 1 heterocycles. The topological polar surface area (TPSA) is 81.4 Å². The second-order valence-electron chi connectivity index (χ2n) is 4.48. The Hall–Kier alpha value is -1.41. The van der Waals surface area contributed by atoms with Crippen molar-refractivity contribution in [2.24, 2.45) is 14.1 Å². The molecule has 1 aromatic rings. The fourth-order valence-corrected chi connectivity index (χ4v) is 2.91. The average molecular weight is 289 g/mol. The SMILES string of the molecule is CCCS(=O)(=O)N(C)Cc1cn(C)c(=O)n(C)c1=O. The lowest BCUT2D eigenvalue weighted by Crippen LogP contribution is -2.40. The summed E-state index contributed by atoms with van der Waals surface area (Å²) >= 11 is 0. The van der Waals surface area contributed by atoms with Crippen LogP contribution in [-0.4, -0.2) is 34.7 Å². The lowest BCUT2D eigenvalue weighted by molar-refractivity contribution is 0.459. The number of hydrogen-bond donors (Lipinski definition) is 0. The normalized spacial score (nSPS) is 12.1. The third-order valence-electron chi connectivity index (χ3n) is 2.85. The molecule has 0 amide bonds. The molecule has 0 saturated heterocycles. The van der Waals surface area contributed by atoms with Gasteiger partial charge in [-0.15, -0.1) is 0 Å². The quantitative estimate of drug-likeness (QED) is 0.714. The van der Waals surface area contributed by atoms with E-state index in [1.165, 1.54) is 31.9 Å². The molecule has 0 spiro atoms. The lowest BCUT2D eigenvalue weighted by atomic mass is 10.3. The fourth-order valence-electron chi connectivity index (χ4n) is 1.74. The van der Waals surface area contributed by atoms with Crippen molar-refractivity contribution < 1.29 is 8.42 Å². The van der Waals surface area contributed by atoms with Crippen LogP contribution in [-0.2, 0) is 30.7 Å². The molecule has 0 aliphatic rings. The van der Waals surface area contributed by atoms with Gasteiger partial charge in [-0.05, 0) is 6.42 Å². The van der Waals surface area contributed by atoms with Gasteiger partial charge in [0, 0.05) is 39.4 Å². The van der Waals surface area contributed by atoms with Crippen molar-refractivity contribution in [2.75, 3.05) is 12.8 Å². The van der Waals surface area contributed by atoms with Crippen molar-refractivity contribution >= 4 is 10.0 Å². The van der Waals surface area contributed by atoms with Gasteiger partial charge in [0.05, 0.1) is 5.75 Å². The fraction of sp³-hybridized carbons (Fsp3) is 0.636. The summed E-state index contributed by atoms with van der Waals surface area (Å²) in [6.07, 6.45) is 1.89. The highest BCUT2D eigenvalue weighted by Gasteiger charge is 2.19. The standard InChI is InChI=1S/C11H19N3O4S/c1-5-6-19(17,18)13(3)8-9-7-12(2)11(16)14(4)10(9)15/h7H,5-6,8H2,1-4H3. The van der Waals surface area contributed by atoms with E-state index < -0.39 is 21.3 Å². The zero-order valence-corrected chi connectivity index (χ0v) is 12.4. The van der Waals surface area contributed by atoms with Crippen molar-refractivity contribution in [1.82, 2.24) is 13.4 Å². The first-order valence-electron chi connectivity index (χ1n) is 5.90. The van der Waals surface area contributed by atoms with E-state index in [2.05, 4.69) is 0 Å². The summed E-state index contributed by atoms with van der Waals surface area (Å²) < 4.78 is 27.0. The summed E-state index contributed by atoms with van der Waals surface area (Å²) in [5, 5.41) is 0. The van der Waals surface area contributed by atoms with Crippen LogP contribution < -0.4 is 11.2 Å². The van der Waals surface area contributed by atoms with Crippen molar-refractivity contribution in [1.29, 1.82) is 0 Å². The number of aryl methyl sites for hydroxylation is 1. The van der Waals surface area contributed by atoms with Gasteiger partial charge in [0.2, 0.25) is 10.0 Å². The van der Waals surface area contributed by atoms with Crippen LogP contribution in [0.5, 0.6) is 0 Å². The van der Waals surface area contributed by atoms with Gasteiger partial charge in [0.15, 0.2) is 0 Å². The summed E-state index contributed by atoms with van der Waals surface area (Å²) in [5.74, 6) is 0.0373. The van der Waals surface area contributed by atoms with Crippen molar-refractivity contribution in [3.8, 4) is 0 Å². The van der Waals surface area contributed by atoms with Gasteiger partial charge >= 0.3 is 5.69 Å². The lowest BCUT2D eigenvalue weighted by Gasteiger charge is -2.17. The molecule has 108 valence electrons. The molecule has 0 radical (unpaired) electrons. The largest absolute Gasteiger partial charge is 0.330 e. The van der Waals surface area contributed by atoms with Gasteiger partial charge in [0.1, 0.15) is 0 Å². The maximum atomic E-state index is 11.9. The van der Waals surface area contributed by atoms with Gasteiger partial charge < -0.3 is 4.57 Å². The van der Waals surface area contributed by atoms with Crippen molar-refractivity contribution in [3.63, 3.8) is 0 Å². The van der Waals surface area contributed by atoms with Gasteiger partial charge in [-0.2, -0.15) is 0 Å². The molecule has 7 nitrogen and oxygen atoms in total. The Kier molecular flexibility index (Phi) is 4.70. The molecular weight excluding hydrogens is 270 g/mol. The van der Waals surface area contributed by atoms with E-state index in [0.29, 0.717) is 6.42 Å². The molecule has 1 aromatic heterocycles. The predicted molar refractivity (Wildman–Crippen MR) is 72.5 cm³/mol. The van der Waals surface area contributed by atoms with Crippen LogP contribution in [0.15, 0.2) is 15.8 Å². The van der Waals surface area contributed by atoms with E-state index in [0.717, 1.165) is 8.87 Å². The smallest absolute Gasteiger partial charge is 0.303 e. The summed E-state index contributed by atoms with van der Waals surface area (Å²) in [6.45, 7) is 1.74. The maximum Gasteiger partial charge on any atom is 0.330 e. The first-order valence-corrected chi connectivity index (χ1v) is 7.51. The minimum atomic E-state index is -3.36. The summed E-state index contributed by atoms with van der Waals surface area (Å²) in [5.41, 5.74) is -0.638. The third kappa shape index (κ3) is 3.32. The molecule has 0 aromatic carbocycles. The average Bonchev–Trinajstić information content (AvgIpc) is 2.33. The molecule has 0 N–H and O–H groups in total. The monoisotopic (exact) mass is 289 g/mol. The number of hydrogen-bond acceptors (Lipinski definition) is 4. The Morgan fingerprint density at radius 2 is 1.84 bits per heavy atom. The van der Waals surface area contributed by atoms with Crippen LogP contribution in [0.1, 0.15) is 18.9 Å². The Morgan fingerprint density at radius 1 is 1.26 bits per heavy atom. The van der Waals surface area contributed by atoms with E-state index in [4.69, 9.17) is 0 Å². The van der Waals surface area contributed by atoms with E-state index in [9.17, 15) is 18.0 Å². The molecule has 0 unspecified atom stereocenters. The molecule has 0 saturated carbocycles. The number of sulfonamides is 1. The Balaban J connectivity index is 3.15. The van der Waals surface area contributed by atoms with E-state index >= 15 is 0 Å². The molecule has 1 rings (SSSR count). The Bertz CT molecular complexity index is 672. The molecule has 0 aliphatic heterocycles. The number of aromatic nitrogens is 2. The molecule has 0 aliphatic carbocycles. The van der Waals surface area contributed by atoms with Crippen LogP contribution in [0, 0.1) is 0 Å². The van der Waals surface area contributed by atoms with E-state index in [1.807, 2.05) is 0 Å². The molecule has 0 bridgehead atoms. The first kappa shape index (κ1) is 15.6. The third-order valence-corrected chi connectivity index (χ3v) is 4.85. The summed E-state index contributed by atoms with van der Waals surface area (Å²) in [6, 6.07) is 0. The second-order valence-corrected chi connectivity index (χ2v) is 6.68. The Labute approximate surface area is 112 Å². The summed E-state index contributed by atoms with van der Waals surface area (Å²) in [7, 11) is 0.952. The second kappa shape index (κ2) is 5.70. The van der Waals surface area contributed by atoms with Crippen LogP contribution in [0.3, 0.4) is 0 Å². The molecule has 8 heteroatoms. The van der Waals surface area contributed by atoms with Crippen LogP contribution in [0.25, 0.3) is 0 Å². The first-order chi connectivity index (χ1) is 8.70. The minimum Gasteiger partial charge on any atom is -0.303 e. The van der Waals surface area contributed by atoms with Gasteiger partial charge in [-0.25, -0.2) is 17.5 Å². The molecule has 0 atom stereocenters. The zero-order chi connectivity index (χ0) is 14.8. The van der Waals surface area contributed by atoms with Crippen molar-refractivity contribution in [2.45, 2.75) is 19.9 Å². The van der Waals surface area contributed by atoms with Gasteiger partial charge in [0.25, 0.3) is 5.56 Å². The highest BCUT2D eigenvalue weighted by Crippen LogP contribution is 2.04. The van der Waals surface area contributed by atoms with E-state index in [-0.39, 0.29) is 17.9 Å². The maximum absolute atomic E-state index is 11.9. The van der Waals surface area contributed by atoms with Crippen LogP contribution >= 0.6 is 0 Å². The predicted octanol–water partition coefficient (Wildman–Crippen LogP) is -0.744. The molecule has 0 fully saturated rings. The van der Waals surface area contributed by atoms with Crippen molar-refractivity contribution in [3.05, 3.63) is 32.6 Å². The highest BCUT2D eigenvalue weighted by molar-refractivity contribution is 7.89. The zero-order valence-electron chi connectivity index (χ0n) is 11.6. The number of nitrogens with zero attached hydrogens (tertiary/aromatic N) is 3. The number of rotatable bonds is 5. The van der Waals surface area contributed by atoms with Gasteiger partial charge in [-0.3, -0.25) is 9.36 Å². The van der Waals surface area contributed by atoms with Crippen LogP contribution in [0.2, 0.25) is 0 Å². The molecule has 19 heavy (non-hydrogen) atoms. The van der Waals surface area contributed by atoms with E-state index in [1.54, 1.807) is 6.92 Å². The summed E-state index contributed by atoms with van der Waals surface area (Å²) in [4.78, 5) is 23.4. The minimum absolute atomic E-state index is 0.0373. The van der Waals surface area contributed by atoms with Gasteiger partial charge in [-0.1, -0.05) is 6.92 Å². The Morgan fingerprint density at radius 3 is 2.37 bits per heavy atom. The van der Waals surface area contributed by atoms with Crippen LogP contribution in [0.4, 0.5) is 0 Å².